The second-order valence-corrected chi connectivity index (χ2v) is 6.25. The summed E-state index contributed by atoms with van der Waals surface area (Å²) in [6.45, 7) is 0.755. The third-order valence-electron chi connectivity index (χ3n) is 4.82. The first-order valence-corrected chi connectivity index (χ1v) is 7.43. The third kappa shape index (κ3) is 2.75. The van der Waals surface area contributed by atoms with E-state index in [1.165, 1.54) is 7.11 Å². The lowest BCUT2D eigenvalue weighted by Gasteiger charge is -2.41. The quantitative estimate of drug-likeness (QED) is 0.846. The summed E-state index contributed by atoms with van der Waals surface area (Å²) in [6, 6.07) is 2.19. The molecule has 1 aliphatic heterocycles. The number of likely N-dealkylation sites (tertiary alicyclic amines) is 1. The number of carboxylic acid groups (broad SMARTS) is 1. The van der Waals surface area contributed by atoms with Crippen LogP contribution in [0.2, 0.25) is 0 Å². The van der Waals surface area contributed by atoms with Gasteiger partial charge in [-0.25, -0.2) is 0 Å². The van der Waals surface area contributed by atoms with Crippen LogP contribution in [0, 0.1) is 22.2 Å². The lowest BCUT2D eigenvalue weighted by atomic mass is 9.78. The minimum absolute atomic E-state index is 0.0890. The molecular formula is C15H22N2O4. The molecule has 116 valence electrons. The molecular weight excluding hydrogens is 272 g/mol. The Labute approximate surface area is 124 Å². The van der Waals surface area contributed by atoms with Gasteiger partial charge in [0.2, 0.25) is 5.91 Å². The maximum absolute atomic E-state index is 12.7. The first kappa shape index (κ1) is 15.8. The molecule has 2 aliphatic rings. The van der Waals surface area contributed by atoms with Gasteiger partial charge in [-0.05, 0) is 25.7 Å². The number of methoxy groups -OCH3 is 1. The lowest BCUT2D eigenvalue weighted by molar-refractivity contribution is -0.160. The molecule has 0 aromatic rings. The fraction of sp³-hybridized carbons (Fsp3) is 0.800. The number of amides is 1. The van der Waals surface area contributed by atoms with E-state index in [4.69, 9.17) is 4.74 Å². The number of hydrogen-bond donors (Lipinski definition) is 1. The maximum Gasteiger partial charge on any atom is 0.313 e. The van der Waals surface area contributed by atoms with E-state index in [0.29, 0.717) is 32.2 Å². The van der Waals surface area contributed by atoms with Crippen molar-refractivity contribution in [1.29, 1.82) is 5.26 Å². The van der Waals surface area contributed by atoms with Crippen molar-refractivity contribution in [3.05, 3.63) is 0 Å². The van der Waals surface area contributed by atoms with Crippen LogP contribution in [0.4, 0.5) is 0 Å². The van der Waals surface area contributed by atoms with Crippen molar-refractivity contribution >= 4 is 11.9 Å². The van der Waals surface area contributed by atoms with Gasteiger partial charge in [-0.3, -0.25) is 9.59 Å². The van der Waals surface area contributed by atoms with Crippen LogP contribution < -0.4 is 0 Å². The summed E-state index contributed by atoms with van der Waals surface area (Å²) in [4.78, 5) is 25.9. The number of nitrogens with zero attached hydrogens (tertiary/aromatic N) is 2. The second kappa shape index (κ2) is 6.02. The molecule has 0 spiro atoms. The average molecular weight is 294 g/mol. The highest BCUT2D eigenvalue weighted by Crippen LogP contribution is 2.41. The minimum Gasteiger partial charge on any atom is -0.481 e. The van der Waals surface area contributed by atoms with E-state index in [1.807, 2.05) is 0 Å². The molecule has 21 heavy (non-hydrogen) atoms. The predicted molar refractivity (Wildman–Crippen MR) is 74.3 cm³/mol. The van der Waals surface area contributed by atoms with Crippen molar-refractivity contribution in [2.45, 2.75) is 38.5 Å². The van der Waals surface area contributed by atoms with Crippen molar-refractivity contribution in [3.8, 4) is 6.07 Å². The monoisotopic (exact) mass is 294 g/mol. The topological polar surface area (TPSA) is 90.6 Å². The molecule has 1 saturated carbocycles. The van der Waals surface area contributed by atoms with Crippen molar-refractivity contribution in [2.24, 2.45) is 10.8 Å². The van der Waals surface area contributed by atoms with Gasteiger partial charge in [0, 0.05) is 20.2 Å². The van der Waals surface area contributed by atoms with Gasteiger partial charge in [0.05, 0.1) is 12.7 Å². The Morgan fingerprint density at radius 1 is 1.29 bits per heavy atom. The SMILES string of the molecule is COCC1(C(=O)O)CCCN(C(=O)C2(C#N)CCCC2)C1. The Kier molecular flexibility index (Phi) is 4.52. The summed E-state index contributed by atoms with van der Waals surface area (Å²) in [5, 5.41) is 18.9. The predicted octanol–water partition coefficient (Wildman–Crippen LogP) is 1.41. The second-order valence-electron chi connectivity index (χ2n) is 6.25. The summed E-state index contributed by atoms with van der Waals surface area (Å²) >= 11 is 0. The number of ether oxygens (including phenoxy) is 1. The van der Waals surface area contributed by atoms with Crippen LogP contribution in [-0.2, 0) is 14.3 Å². The highest BCUT2D eigenvalue weighted by atomic mass is 16.5. The number of aliphatic carboxylic acids is 1. The molecule has 0 radical (unpaired) electrons. The van der Waals surface area contributed by atoms with Gasteiger partial charge in [-0.15, -0.1) is 0 Å². The van der Waals surface area contributed by atoms with Gasteiger partial charge in [-0.1, -0.05) is 12.8 Å². The molecule has 1 unspecified atom stereocenters. The Hall–Kier alpha value is -1.61. The standard InChI is InChI=1S/C15H22N2O4/c1-21-11-15(13(19)20)7-4-8-17(10-15)12(18)14(9-16)5-2-3-6-14/h2-8,10-11H2,1H3,(H,19,20). The Morgan fingerprint density at radius 2 is 1.95 bits per heavy atom. The van der Waals surface area contributed by atoms with E-state index in [0.717, 1.165) is 12.8 Å². The molecule has 1 N–H and O–H groups in total. The fourth-order valence-corrected chi connectivity index (χ4v) is 3.59. The maximum atomic E-state index is 12.7. The van der Waals surface area contributed by atoms with E-state index in [1.54, 1.807) is 4.90 Å². The number of hydrogen-bond acceptors (Lipinski definition) is 4. The summed E-state index contributed by atoms with van der Waals surface area (Å²) in [6.07, 6.45) is 4.07. The van der Waals surface area contributed by atoms with Gasteiger partial charge in [0.15, 0.2) is 0 Å². The van der Waals surface area contributed by atoms with Crippen LogP contribution in [0.15, 0.2) is 0 Å². The number of carboxylic acids is 1. The van der Waals surface area contributed by atoms with Crippen LogP contribution in [0.25, 0.3) is 0 Å². The highest BCUT2D eigenvalue weighted by Gasteiger charge is 2.49. The van der Waals surface area contributed by atoms with Crippen molar-refractivity contribution in [3.63, 3.8) is 0 Å². The number of carbonyl (C=O) groups excluding carboxylic acids is 1. The molecule has 0 bridgehead atoms. The van der Waals surface area contributed by atoms with Crippen LogP contribution >= 0.6 is 0 Å². The zero-order valence-corrected chi connectivity index (χ0v) is 12.4. The minimum atomic E-state index is -1.04. The lowest BCUT2D eigenvalue weighted by Crippen LogP contribution is -2.54. The van der Waals surface area contributed by atoms with Crippen molar-refractivity contribution < 1.29 is 19.4 Å². The van der Waals surface area contributed by atoms with Gasteiger partial charge >= 0.3 is 5.97 Å². The first-order valence-electron chi connectivity index (χ1n) is 7.43. The summed E-state index contributed by atoms with van der Waals surface area (Å²) in [5.41, 5.74) is -1.98. The summed E-state index contributed by atoms with van der Waals surface area (Å²) in [7, 11) is 1.47. The normalized spacial score (nSPS) is 28.1. The van der Waals surface area contributed by atoms with Crippen LogP contribution in [0.1, 0.15) is 38.5 Å². The largest absolute Gasteiger partial charge is 0.481 e. The van der Waals surface area contributed by atoms with Gasteiger partial charge in [-0.2, -0.15) is 5.26 Å². The molecule has 1 saturated heterocycles. The fourth-order valence-electron chi connectivity index (χ4n) is 3.59. The Bertz CT molecular complexity index is 461. The average Bonchev–Trinajstić information content (AvgIpc) is 2.97. The van der Waals surface area contributed by atoms with E-state index in [9.17, 15) is 20.0 Å². The molecule has 1 heterocycles. The number of carbonyl (C=O) groups is 2. The molecule has 6 heteroatoms. The molecule has 1 aliphatic carbocycles. The zero-order chi connectivity index (χ0) is 15.5. The van der Waals surface area contributed by atoms with E-state index >= 15 is 0 Å². The van der Waals surface area contributed by atoms with Gasteiger partial charge < -0.3 is 14.7 Å². The number of nitriles is 1. The Morgan fingerprint density at radius 3 is 2.48 bits per heavy atom. The molecule has 0 aromatic heterocycles. The van der Waals surface area contributed by atoms with Crippen LogP contribution in [0.3, 0.4) is 0 Å². The highest BCUT2D eigenvalue weighted by molar-refractivity contribution is 5.87. The van der Waals surface area contributed by atoms with Gasteiger partial charge in [0.25, 0.3) is 0 Å². The zero-order valence-electron chi connectivity index (χ0n) is 12.4. The van der Waals surface area contributed by atoms with E-state index in [-0.39, 0.29) is 19.1 Å². The molecule has 1 atom stereocenters. The molecule has 6 nitrogen and oxygen atoms in total. The van der Waals surface area contributed by atoms with E-state index in [2.05, 4.69) is 6.07 Å². The van der Waals surface area contributed by atoms with Gasteiger partial charge in [0.1, 0.15) is 10.8 Å². The third-order valence-corrected chi connectivity index (χ3v) is 4.82. The molecule has 2 rings (SSSR count). The summed E-state index contributed by atoms with van der Waals surface area (Å²) < 4.78 is 5.07. The van der Waals surface area contributed by atoms with Crippen LogP contribution in [0.5, 0.6) is 0 Å². The molecule has 2 fully saturated rings. The number of piperidine rings is 1. The Balaban J connectivity index is 2.19. The first-order chi connectivity index (χ1) is 9.99. The van der Waals surface area contributed by atoms with Crippen molar-refractivity contribution in [2.75, 3.05) is 26.8 Å². The summed E-state index contributed by atoms with van der Waals surface area (Å²) in [5.74, 6) is -1.12. The van der Waals surface area contributed by atoms with Crippen molar-refractivity contribution in [1.82, 2.24) is 4.90 Å². The smallest absolute Gasteiger partial charge is 0.313 e. The molecule has 0 aromatic carbocycles. The molecule has 1 amide bonds. The van der Waals surface area contributed by atoms with E-state index < -0.39 is 16.8 Å². The number of rotatable bonds is 4. The van der Waals surface area contributed by atoms with Crippen LogP contribution in [-0.4, -0.2) is 48.7 Å².